The highest BCUT2D eigenvalue weighted by atomic mass is 16.5. The lowest BCUT2D eigenvalue weighted by Gasteiger charge is -2.32. The Labute approximate surface area is 164 Å². The van der Waals surface area contributed by atoms with Crippen molar-refractivity contribution in [2.24, 2.45) is 5.92 Å². The number of rotatable bonds is 5. The second-order valence-corrected chi connectivity index (χ2v) is 7.49. The average Bonchev–Trinajstić information content (AvgIpc) is 3.33. The summed E-state index contributed by atoms with van der Waals surface area (Å²) in [6.07, 6.45) is 1.77. The van der Waals surface area contributed by atoms with Crippen LogP contribution in [0, 0.1) is 5.92 Å². The van der Waals surface area contributed by atoms with Crippen LogP contribution in [0.3, 0.4) is 0 Å². The second kappa shape index (κ2) is 7.92. The Morgan fingerprint density at radius 1 is 1.07 bits per heavy atom. The van der Waals surface area contributed by atoms with Crippen molar-refractivity contribution in [1.82, 2.24) is 15.5 Å². The van der Waals surface area contributed by atoms with Crippen LogP contribution in [0.5, 0.6) is 5.75 Å². The monoisotopic (exact) mass is 379 g/mol. The maximum atomic E-state index is 12.6. The van der Waals surface area contributed by atoms with Crippen LogP contribution in [-0.4, -0.2) is 42.6 Å². The number of fused-ring (bicyclic) bond motifs is 2. The third kappa shape index (κ3) is 3.81. The third-order valence-corrected chi connectivity index (χ3v) is 5.76. The molecule has 2 N–H and O–H groups in total. The van der Waals surface area contributed by atoms with Crippen LogP contribution in [0.2, 0.25) is 0 Å². The maximum absolute atomic E-state index is 12.6. The number of nitrogens with zero attached hydrogens (tertiary/aromatic N) is 1. The van der Waals surface area contributed by atoms with Gasteiger partial charge in [0.25, 0.3) is 5.91 Å². The van der Waals surface area contributed by atoms with Gasteiger partial charge in [0.15, 0.2) is 0 Å². The van der Waals surface area contributed by atoms with E-state index in [0.717, 1.165) is 24.2 Å². The van der Waals surface area contributed by atoms with Gasteiger partial charge in [-0.2, -0.15) is 0 Å². The first-order valence-corrected chi connectivity index (χ1v) is 9.67. The van der Waals surface area contributed by atoms with E-state index in [1.165, 1.54) is 0 Å². The molecule has 28 heavy (non-hydrogen) atoms. The Hall–Kier alpha value is -3.02. The molecule has 0 spiro atoms. The summed E-state index contributed by atoms with van der Waals surface area (Å²) in [6.45, 7) is 1.18. The Kier molecular flexibility index (Phi) is 5.19. The quantitative estimate of drug-likeness (QED) is 0.839. The number of hydrogen-bond acceptors (Lipinski definition) is 3. The van der Waals surface area contributed by atoms with E-state index in [-0.39, 0.29) is 24.0 Å². The first-order valence-electron chi connectivity index (χ1n) is 9.67. The van der Waals surface area contributed by atoms with E-state index in [0.29, 0.717) is 24.6 Å². The minimum atomic E-state index is -0.0337. The van der Waals surface area contributed by atoms with Gasteiger partial charge in [0.05, 0.1) is 7.11 Å². The van der Waals surface area contributed by atoms with E-state index in [1.54, 1.807) is 7.11 Å². The lowest BCUT2D eigenvalue weighted by Crippen LogP contribution is -2.50. The van der Waals surface area contributed by atoms with Crippen molar-refractivity contribution in [2.75, 3.05) is 13.7 Å². The second-order valence-electron chi connectivity index (χ2n) is 7.49. The summed E-state index contributed by atoms with van der Waals surface area (Å²) in [6, 6.07) is 17.3. The number of likely N-dealkylation sites (tertiary alicyclic amines) is 1. The fourth-order valence-electron chi connectivity index (χ4n) is 4.24. The van der Waals surface area contributed by atoms with Gasteiger partial charge < -0.3 is 20.3 Å². The molecule has 1 aliphatic carbocycles. The largest absolute Gasteiger partial charge is 0.497 e. The van der Waals surface area contributed by atoms with E-state index >= 15 is 0 Å². The van der Waals surface area contributed by atoms with E-state index < -0.39 is 0 Å². The highest BCUT2D eigenvalue weighted by Gasteiger charge is 2.46. The van der Waals surface area contributed by atoms with Crippen LogP contribution < -0.4 is 15.4 Å². The lowest BCUT2D eigenvalue weighted by atomic mass is 10.0. The van der Waals surface area contributed by atoms with Gasteiger partial charge in [-0.3, -0.25) is 4.79 Å². The Morgan fingerprint density at radius 3 is 2.46 bits per heavy atom. The topological polar surface area (TPSA) is 70.7 Å². The SMILES string of the molecule is COc1ccc(CNC(=O)N2C[C@@H]3C[C@H]2C[C@@H]3NC(=O)c2ccccc2)cc1. The standard InChI is InChI=1S/C22H25N3O3/c1-28-19-9-7-15(8-10-19)13-23-22(27)25-14-17-11-18(25)12-20(17)24-21(26)16-5-3-2-4-6-16/h2-10,17-18,20H,11-14H2,1H3,(H,23,27)(H,24,26)/t17-,18-,20-/m0/s1. The van der Waals surface area contributed by atoms with Gasteiger partial charge in [0.2, 0.25) is 0 Å². The van der Waals surface area contributed by atoms with Crippen LogP contribution in [-0.2, 0) is 6.54 Å². The molecular weight excluding hydrogens is 354 g/mol. The number of urea groups is 1. The summed E-state index contributed by atoms with van der Waals surface area (Å²) in [5.41, 5.74) is 1.71. The van der Waals surface area contributed by atoms with Gasteiger partial charge in [-0.25, -0.2) is 4.79 Å². The molecule has 0 aromatic heterocycles. The van der Waals surface area contributed by atoms with Gasteiger partial charge in [-0.05, 0) is 48.6 Å². The normalized spacial score (nSPS) is 22.8. The zero-order valence-corrected chi connectivity index (χ0v) is 15.9. The van der Waals surface area contributed by atoms with Crippen molar-refractivity contribution < 1.29 is 14.3 Å². The molecule has 1 saturated heterocycles. The highest BCUT2D eigenvalue weighted by molar-refractivity contribution is 5.94. The molecule has 2 fully saturated rings. The molecule has 4 rings (SSSR count). The van der Waals surface area contributed by atoms with E-state index in [2.05, 4.69) is 10.6 Å². The highest BCUT2D eigenvalue weighted by Crippen LogP contribution is 2.38. The number of benzene rings is 2. The Morgan fingerprint density at radius 2 is 1.82 bits per heavy atom. The molecule has 3 atom stereocenters. The number of piperidine rings is 1. The molecule has 2 aromatic rings. The van der Waals surface area contributed by atoms with Crippen molar-refractivity contribution in [3.63, 3.8) is 0 Å². The number of methoxy groups -OCH3 is 1. The number of carbonyl (C=O) groups excluding carboxylic acids is 2. The van der Waals surface area contributed by atoms with Gasteiger partial charge in [0, 0.05) is 30.7 Å². The van der Waals surface area contributed by atoms with Crippen LogP contribution in [0.15, 0.2) is 54.6 Å². The first kappa shape index (κ1) is 18.3. The molecule has 3 amide bonds. The van der Waals surface area contributed by atoms with E-state index in [4.69, 9.17) is 4.74 Å². The minimum absolute atomic E-state index is 0.0313. The van der Waals surface area contributed by atoms with Crippen LogP contribution in [0.4, 0.5) is 4.79 Å². The molecule has 2 aliphatic rings. The van der Waals surface area contributed by atoms with Gasteiger partial charge in [-0.15, -0.1) is 0 Å². The minimum Gasteiger partial charge on any atom is -0.497 e. The van der Waals surface area contributed by atoms with Crippen LogP contribution >= 0.6 is 0 Å². The summed E-state index contributed by atoms with van der Waals surface area (Å²) >= 11 is 0. The fraction of sp³-hybridized carbons (Fsp3) is 0.364. The molecule has 1 saturated carbocycles. The molecule has 146 valence electrons. The Bertz CT molecular complexity index is 838. The first-order chi connectivity index (χ1) is 13.6. The van der Waals surface area contributed by atoms with Gasteiger partial charge >= 0.3 is 6.03 Å². The van der Waals surface area contributed by atoms with Crippen molar-refractivity contribution in [3.05, 3.63) is 65.7 Å². The molecular formula is C22H25N3O3. The summed E-state index contributed by atoms with van der Waals surface area (Å²) in [4.78, 5) is 26.9. The average molecular weight is 379 g/mol. The molecule has 6 nitrogen and oxygen atoms in total. The molecule has 1 aliphatic heterocycles. The molecule has 0 unspecified atom stereocenters. The number of amides is 3. The number of ether oxygens (including phenoxy) is 1. The fourth-order valence-corrected chi connectivity index (χ4v) is 4.24. The zero-order chi connectivity index (χ0) is 19.5. The van der Waals surface area contributed by atoms with E-state index in [9.17, 15) is 9.59 Å². The molecule has 1 heterocycles. The summed E-state index contributed by atoms with van der Waals surface area (Å²) in [5, 5.41) is 6.15. The number of nitrogens with one attached hydrogen (secondary N) is 2. The van der Waals surface area contributed by atoms with Gasteiger partial charge in [0.1, 0.15) is 5.75 Å². The molecule has 2 bridgehead atoms. The van der Waals surface area contributed by atoms with Crippen molar-refractivity contribution in [3.8, 4) is 5.75 Å². The smallest absolute Gasteiger partial charge is 0.317 e. The van der Waals surface area contributed by atoms with Crippen LogP contribution in [0.1, 0.15) is 28.8 Å². The summed E-state index contributed by atoms with van der Waals surface area (Å²) < 4.78 is 5.15. The molecule has 6 heteroatoms. The molecule has 2 aromatic carbocycles. The van der Waals surface area contributed by atoms with E-state index in [1.807, 2.05) is 59.5 Å². The number of carbonyl (C=O) groups is 2. The lowest BCUT2D eigenvalue weighted by molar-refractivity contribution is 0.0913. The predicted octanol–water partition coefficient (Wildman–Crippen LogP) is 2.80. The van der Waals surface area contributed by atoms with Crippen LogP contribution in [0.25, 0.3) is 0 Å². The number of hydrogen-bond donors (Lipinski definition) is 2. The molecule has 0 radical (unpaired) electrons. The maximum Gasteiger partial charge on any atom is 0.317 e. The van der Waals surface area contributed by atoms with Crippen molar-refractivity contribution in [2.45, 2.75) is 31.5 Å². The summed E-state index contributed by atoms with van der Waals surface area (Å²) in [5.74, 6) is 1.09. The summed E-state index contributed by atoms with van der Waals surface area (Å²) in [7, 11) is 1.63. The van der Waals surface area contributed by atoms with Crippen molar-refractivity contribution in [1.29, 1.82) is 0 Å². The van der Waals surface area contributed by atoms with Crippen molar-refractivity contribution >= 4 is 11.9 Å². The van der Waals surface area contributed by atoms with Gasteiger partial charge in [-0.1, -0.05) is 30.3 Å². The zero-order valence-electron chi connectivity index (χ0n) is 15.9. The third-order valence-electron chi connectivity index (χ3n) is 5.76. The Balaban J connectivity index is 1.27. The predicted molar refractivity (Wildman–Crippen MR) is 106 cm³/mol.